The van der Waals surface area contributed by atoms with Crippen molar-refractivity contribution in [3.63, 3.8) is 0 Å². The summed E-state index contributed by atoms with van der Waals surface area (Å²) in [5.74, 6) is 2.18. The molecule has 2 aromatic heterocycles. The van der Waals surface area contributed by atoms with Crippen molar-refractivity contribution in [2.75, 3.05) is 0 Å². The molecule has 4 nitrogen and oxygen atoms in total. The lowest BCUT2D eigenvalue weighted by Crippen LogP contribution is -1.86. The van der Waals surface area contributed by atoms with Crippen LogP contribution in [-0.2, 0) is 12.2 Å². The average molecular weight is 255 g/mol. The van der Waals surface area contributed by atoms with Crippen LogP contribution in [0.4, 0.5) is 0 Å². The molecule has 2 aromatic rings. The molecule has 0 atom stereocenters. The smallest absolute Gasteiger partial charge is 0.237 e. The zero-order chi connectivity index (χ0) is 11.4. The van der Waals surface area contributed by atoms with Gasteiger partial charge in [0.2, 0.25) is 5.89 Å². The maximum Gasteiger partial charge on any atom is 0.237 e. The van der Waals surface area contributed by atoms with Crippen molar-refractivity contribution in [1.29, 1.82) is 0 Å². The summed E-state index contributed by atoms with van der Waals surface area (Å²) in [4.78, 5) is 8.66. The van der Waals surface area contributed by atoms with Gasteiger partial charge < -0.3 is 4.52 Å². The molecular weight excluding hydrogens is 242 g/mol. The Morgan fingerprint density at radius 3 is 3.00 bits per heavy atom. The van der Waals surface area contributed by atoms with E-state index < -0.39 is 0 Å². The normalized spacial score (nSPS) is 10.9. The molecule has 0 spiro atoms. The molecule has 0 radical (unpaired) electrons. The van der Waals surface area contributed by atoms with Crippen LogP contribution in [0.25, 0.3) is 0 Å². The highest BCUT2D eigenvalue weighted by Crippen LogP contribution is 2.25. The first-order chi connectivity index (χ1) is 7.78. The Hall–Kier alpha value is -0.880. The highest BCUT2D eigenvalue weighted by atomic mass is 32.2. The maximum absolute atomic E-state index is 5.14. The zero-order valence-corrected chi connectivity index (χ0v) is 10.9. The van der Waals surface area contributed by atoms with Gasteiger partial charge in [0.1, 0.15) is 0 Å². The van der Waals surface area contributed by atoms with Gasteiger partial charge >= 0.3 is 0 Å². The van der Waals surface area contributed by atoms with Crippen molar-refractivity contribution in [3.8, 4) is 0 Å². The summed E-state index contributed by atoms with van der Waals surface area (Å²) in [5.41, 5.74) is 1.06. The van der Waals surface area contributed by atoms with Crippen LogP contribution in [0, 0.1) is 6.92 Å². The Labute approximate surface area is 102 Å². The van der Waals surface area contributed by atoms with E-state index in [4.69, 9.17) is 4.52 Å². The SMILES string of the molecule is CCCc1noc(CSc2nc(C)cs2)n1. The van der Waals surface area contributed by atoms with Gasteiger partial charge in [0.05, 0.1) is 5.75 Å². The largest absolute Gasteiger partial charge is 0.338 e. The summed E-state index contributed by atoms with van der Waals surface area (Å²) in [6.45, 7) is 4.09. The van der Waals surface area contributed by atoms with E-state index in [9.17, 15) is 0 Å². The third-order valence-corrected chi connectivity index (χ3v) is 4.02. The molecule has 0 saturated heterocycles. The minimum Gasteiger partial charge on any atom is -0.338 e. The second-order valence-electron chi connectivity index (χ2n) is 3.40. The number of thioether (sulfide) groups is 1. The minimum absolute atomic E-state index is 0.682. The summed E-state index contributed by atoms with van der Waals surface area (Å²) >= 11 is 3.28. The fourth-order valence-corrected chi connectivity index (χ4v) is 2.88. The predicted molar refractivity (Wildman–Crippen MR) is 64.7 cm³/mol. The lowest BCUT2D eigenvalue weighted by Gasteiger charge is -1.90. The molecule has 6 heteroatoms. The van der Waals surface area contributed by atoms with Crippen molar-refractivity contribution >= 4 is 23.1 Å². The lowest BCUT2D eigenvalue weighted by atomic mass is 10.3. The second kappa shape index (κ2) is 5.45. The molecule has 0 aromatic carbocycles. The van der Waals surface area contributed by atoms with Crippen LogP contribution in [0.1, 0.15) is 30.8 Å². The van der Waals surface area contributed by atoms with Crippen molar-refractivity contribution in [2.45, 2.75) is 36.8 Å². The Bertz CT molecular complexity index is 452. The quantitative estimate of drug-likeness (QED) is 0.768. The van der Waals surface area contributed by atoms with E-state index in [0.29, 0.717) is 11.6 Å². The third-order valence-electron chi connectivity index (χ3n) is 1.90. The predicted octanol–water partition coefficient (Wildman–Crippen LogP) is 3.08. The lowest BCUT2D eigenvalue weighted by molar-refractivity contribution is 0.384. The number of thiazole rings is 1. The summed E-state index contributed by atoms with van der Waals surface area (Å²) in [7, 11) is 0. The van der Waals surface area contributed by atoms with E-state index >= 15 is 0 Å². The molecule has 0 aliphatic carbocycles. The Morgan fingerprint density at radius 1 is 1.44 bits per heavy atom. The molecule has 0 aliphatic rings. The van der Waals surface area contributed by atoms with Crippen molar-refractivity contribution in [2.24, 2.45) is 0 Å². The molecule has 0 fully saturated rings. The number of nitrogens with zero attached hydrogens (tertiary/aromatic N) is 3. The zero-order valence-electron chi connectivity index (χ0n) is 9.27. The van der Waals surface area contributed by atoms with Crippen LogP contribution in [-0.4, -0.2) is 15.1 Å². The summed E-state index contributed by atoms with van der Waals surface area (Å²) in [6.07, 6.45) is 1.92. The number of hydrogen-bond acceptors (Lipinski definition) is 6. The summed E-state index contributed by atoms with van der Waals surface area (Å²) < 4.78 is 6.19. The summed E-state index contributed by atoms with van der Waals surface area (Å²) in [5, 5.41) is 5.95. The van der Waals surface area contributed by atoms with Gasteiger partial charge in [-0.3, -0.25) is 0 Å². The van der Waals surface area contributed by atoms with Crippen molar-refractivity contribution < 1.29 is 4.52 Å². The Morgan fingerprint density at radius 2 is 2.31 bits per heavy atom. The molecule has 0 N–H and O–H groups in total. The van der Waals surface area contributed by atoms with Crippen LogP contribution in [0.5, 0.6) is 0 Å². The maximum atomic E-state index is 5.14. The number of aromatic nitrogens is 3. The van der Waals surface area contributed by atoms with Crippen molar-refractivity contribution in [3.05, 3.63) is 22.8 Å². The van der Waals surface area contributed by atoms with Gasteiger partial charge in [-0.05, 0) is 13.3 Å². The van der Waals surface area contributed by atoms with Crippen molar-refractivity contribution in [1.82, 2.24) is 15.1 Å². The Balaban J connectivity index is 1.89. The topological polar surface area (TPSA) is 51.8 Å². The van der Waals surface area contributed by atoms with E-state index in [2.05, 4.69) is 22.0 Å². The number of rotatable bonds is 5. The summed E-state index contributed by atoms with van der Waals surface area (Å²) in [6, 6.07) is 0. The molecule has 86 valence electrons. The molecule has 2 rings (SSSR count). The van der Waals surface area contributed by atoms with E-state index in [0.717, 1.165) is 28.7 Å². The first-order valence-electron chi connectivity index (χ1n) is 5.14. The number of aryl methyl sites for hydroxylation is 2. The first-order valence-corrected chi connectivity index (χ1v) is 7.01. The van der Waals surface area contributed by atoms with Gasteiger partial charge in [0.15, 0.2) is 10.2 Å². The molecule has 0 unspecified atom stereocenters. The van der Waals surface area contributed by atoms with E-state index in [-0.39, 0.29) is 0 Å². The fourth-order valence-electron chi connectivity index (χ4n) is 1.20. The standard InChI is InChI=1S/C10H13N3OS2/c1-3-4-8-12-9(14-13-8)6-16-10-11-7(2)5-15-10/h5H,3-4,6H2,1-2H3. The van der Waals surface area contributed by atoms with Crippen LogP contribution >= 0.6 is 23.1 Å². The number of hydrogen-bond donors (Lipinski definition) is 0. The van der Waals surface area contributed by atoms with Gasteiger partial charge in [-0.1, -0.05) is 23.8 Å². The fraction of sp³-hybridized carbons (Fsp3) is 0.500. The van der Waals surface area contributed by atoms with E-state index in [1.165, 1.54) is 0 Å². The van der Waals surface area contributed by atoms with Gasteiger partial charge in [-0.25, -0.2) is 4.98 Å². The second-order valence-corrected chi connectivity index (χ2v) is 5.48. The molecule has 0 amide bonds. The van der Waals surface area contributed by atoms with Crippen LogP contribution in [0.3, 0.4) is 0 Å². The average Bonchev–Trinajstić information content (AvgIpc) is 2.85. The third kappa shape index (κ3) is 3.05. The highest BCUT2D eigenvalue weighted by molar-refractivity contribution is 8.00. The first kappa shape index (κ1) is 11.6. The molecule has 0 aliphatic heterocycles. The van der Waals surface area contributed by atoms with Gasteiger partial charge in [0.25, 0.3) is 0 Å². The molecular formula is C10H13N3OS2. The van der Waals surface area contributed by atoms with Gasteiger partial charge in [-0.2, -0.15) is 4.98 Å². The molecule has 0 saturated carbocycles. The van der Waals surface area contributed by atoms with Gasteiger partial charge in [0, 0.05) is 17.5 Å². The molecule has 16 heavy (non-hydrogen) atoms. The van der Waals surface area contributed by atoms with Crippen LogP contribution < -0.4 is 0 Å². The molecule has 2 heterocycles. The monoisotopic (exact) mass is 255 g/mol. The molecule has 0 bridgehead atoms. The van der Waals surface area contributed by atoms with Crippen LogP contribution in [0.2, 0.25) is 0 Å². The van der Waals surface area contributed by atoms with E-state index in [1.54, 1.807) is 23.1 Å². The van der Waals surface area contributed by atoms with E-state index in [1.807, 2.05) is 12.3 Å². The minimum atomic E-state index is 0.682. The Kier molecular flexibility index (Phi) is 3.95. The van der Waals surface area contributed by atoms with Gasteiger partial charge in [-0.15, -0.1) is 11.3 Å². The van der Waals surface area contributed by atoms with Crippen LogP contribution in [0.15, 0.2) is 14.2 Å². The highest BCUT2D eigenvalue weighted by Gasteiger charge is 2.07.